The van der Waals surface area contributed by atoms with Crippen molar-refractivity contribution in [1.82, 2.24) is 31.2 Å². The zero-order valence-electron chi connectivity index (χ0n) is 26.7. The molecule has 4 heterocycles. The lowest BCUT2D eigenvalue weighted by molar-refractivity contribution is -0.120. The summed E-state index contributed by atoms with van der Waals surface area (Å²) in [7, 11) is 0. The van der Waals surface area contributed by atoms with E-state index in [1.54, 1.807) is 0 Å². The van der Waals surface area contributed by atoms with Crippen LogP contribution in [0.5, 0.6) is 0 Å². The maximum Gasteiger partial charge on any atom is 0.220 e. The van der Waals surface area contributed by atoms with Crippen LogP contribution in [0.4, 0.5) is 0 Å². The van der Waals surface area contributed by atoms with Gasteiger partial charge in [-0.05, 0) is 49.9 Å². The number of halogens is 4. The Balaban J connectivity index is 1.21. The first-order chi connectivity index (χ1) is 23.1. The van der Waals surface area contributed by atoms with Crippen molar-refractivity contribution >= 4 is 58.2 Å². The third-order valence-electron chi connectivity index (χ3n) is 8.99. The minimum atomic E-state index is 0.0945. The molecule has 250 valence electrons. The quantitative estimate of drug-likeness (QED) is 0.120. The summed E-state index contributed by atoms with van der Waals surface area (Å²) in [6.45, 7) is 6.41. The molecule has 0 saturated carbocycles. The molecule has 2 aliphatic rings. The minimum Gasteiger partial charge on any atom is -0.352 e. The van der Waals surface area contributed by atoms with Crippen molar-refractivity contribution in [3.8, 4) is 33.6 Å². The number of carbonyl (C=O) groups is 2. The third kappa shape index (κ3) is 7.65. The van der Waals surface area contributed by atoms with E-state index < -0.39 is 0 Å². The van der Waals surface area contributed by atoms with Crippen LogP contribution in [-0.4, -0.2) is 47.0 Å². The summed E-state index contributed by atoms with van der Waals surface area (Å²) in [6, 6.07) is 15.8. The zero-order valence-corrected chi connectivity index (χ0v) is 29.7. The molecule has 2 aromatic carbocycles. The predicted molar refractivity (Wildman–Crippen MR) is 194 cm³/mol. The van der Waals surface area contributed by atoms with Crippen LogP contribution in [0.3, 0.4) is 0 Å². The number of nitrogens with one attached hydrogen (secondary N) is 4. The minimum absolute atomic E-state index is 0.0945. The number of pyridine rings is 2. The first-order valence-corrected chi connectivity index (χ1v) is 17.5. The van der Waals surface area contributed by atoms with Crippen LogP contribution in [0.15, 0.2) is 48.5 Å². The van der Waals surface area contributed by atoms with Gasteiger partial charge in [0.2, 0.25) is 11.8 Å². The Morgan fingerprint density at radius 2 is 1.06 bits per heavy atom. The molecule has 0 aliphatic carbocycles. The maximum atomic E-state index is 11.5. The number of nitrogens with zero attached hydrogens (tertiary/aromatic N) is 2. The van der Waals surface area contributed by atoms with Gasteiger partial charge in [-0.2, -0.15) is 0 Å². The Bertz CT molecular complexity index is 1700. The molecule has 2 aliphatic heterocycles. The van der Waals surface area contributed by atoms with E-state index in [4.69, 9.17) is 56.4 Å². The topological polar surface area (TPSA) is 108 Å². The van der Waals surface area contributed by atoms with Gasteiger partial charge < -0.3 is 21.3 Å². The van der Waals surface area contributed by atoms with Gasteiger partial charge in [-0.25, -0.2) is 9.97 Å². The highest BCUT2D eigenvalue weighted by Crippen LogP contribution is 2.42. The van der Waals surface area contributed by atoms with Gasteiger partial charge in [0.1, 0.15) is 10.3 Å². The number of aromatic nitrogens is 2. The highest BCUT2D eigenvalue weighted by Gasteiger charge is 2.23. The molecule has 0 bridgehead atoms. The zero-order chi connectivity index (χ0) is 33.9. The summed E-state index contributed by atoms with van der Waals surface area (Å²) in [5.41, 5.74) is 8.07. The van der Waals surface area contributed by atoms with E-state index in [0.29, 0.717) is 70.8 Å². The smallest absolute Gasteiger partial charge is 0.220 e. The average Bonchev–Trinajstić information content (AvgIpc) is 3.67. The van der Waals surface area contributed by atoms with Crippen molar-refractivity contribution < 1.29 is 9.59 Å². The molecule has 0 radical (unpaired) electrons. The molecule has 2 amide bonds. The van der Waals surface area contributed by atoms with Crippen LogP contribution >= 0.6 is 46.4 Å². The van der Waals surface area contributed by atoms with Gasteiger partial charge >= 0.3 is 0 Å². The molecule has 2 saturated heterocycles. The van der Waals surface area contributed by atoms with E-state index in [9.17, 15) is 9.59 Å². The largest absolute Gasteiger partial charge is 0.352 e. The maximum absolute atomic E-state index is 11.5. The van der Waals surface area contributed by atoms with E-state index in [2.05, 4.69) is 21.3 Å². The molecular formula is C36H36Cl4N6O2. The third-order valence-corrected chi connectivity index (χ3v) is 10.4. The lowest BCUT2D eigenvalue weighted by Gasteiger charge is -2.17. The van der Waals surface area contributed by atoms with Crippen LogP contribution in [-0.2, 0) is 22.7 Å². The Hall–Kier alpha value is -3.24. The monoisotopic (exact) mass is 724 g/mol. The van der Waals surface area contributed by atoms with E-state index in [1.807, 2.05) is 62.4 Å². The molecule has 0 spiro atoms. The Kier molecular flexibility index (Phi) is 10.9. The number of rotatable bonds is 11. The van der Waals surface area contributed by atoms with Gasteiger partial charge in [-0.15, -0.1) is 0 Å². The fraction of sp³-hybridized carbons (Fsp3) is 0.333. The first kappa shape index (κ1) is 34.6. The second kappa shape index (κ2) is 15.1. The molecule has 4 aromatic rings. The molecule has 0 unspecified atom stereocenters. The van der Waals surface area contributed by atoms with Crippen molar-refractivity contribution in [2.45, 2.75) is 64.7 Å². The molecule has 4 N–H and O–H groups in total. The standard InChI is InChI=1S/C36H36Cl4N6O2/c1-19-13-29(45-35(39)27(19)17-41-15-21-9-11-31(47)43-21)25-7-3-5-23(33(25)37)24-6-4-8-26(34(24)38)30-14-20(2)28(36(40)46-30)18-42-16-22-10-12-32(48)44-22/h3-8,13-14,21-22,41-42H,9-12,15-18H2,1-2H3,(H,43,47)(H,44,48)/t21-,22-/m0/s1. The van der Waals surface area contributed by atoms with Crippen LogP contribution < -0.4 is 21.3 Å². The second-order valence-corrected chi connectivity index (χ2v) is 13.9. The van der Waals surface area contributed by atoms with E-state index >= 15 is 0 Å². The predicted octanol–water partition coefficient (Wildman–Crippen LogP) is 7.44. The molecule has 6 rings (SSSR count). The summed E-state index contributed by atoms with van der Waals surface area (Å²) in [5, 5.41) is 14.5. The van der Waals surface area contributed by atoms with Crippen LogP contribution in [0, 0.1) is 13.8 Å². The number of hydrogen-bond donors (Lipinski definition) is 4. The normalized spacial score (nSPS) is 17.5. The highest BCUT2D eigenvalue weighted by atomic mass is 35.5. The summed E-state index contributed by atoms with van der Waals surface area (Å²) in [6.07, 6.45) is 2.79. The number of amides is 2. The lowest BCUT2D eigenvalue weighted by Crippen LogP contribution is -2.35. The number of aryl methyl sites for hydroxylation is 2. The Labute approximate surface area is 300 Å². The molecule has 8 nitrogen and oxygen atoms in total. The van der Waals surface area contributed by atoms with Crippen molar-refractivity contribution in [1.29, 1.82) is 0 Å². The van der Waals surface area contributed by atoms with Crippen LogP contribution in [0.1, 0.15) is 47.9 Å². The van der Waals surface area contributed by atoms with Crippen LogP contribution in [0.2, 0.25) is 20.4 Å². The lowest BCUT2D eigenvalue weighted by atomic mass is 9.97. The summed E-state index contributed by atoms with van der Waals surface area (Å²) >= 11 is 27.6. The van der Waals surface area contributed by atoms with Crippen molar-refractivity contribution in [2.75, 3.05) is 13.1 Å². The fourth-order valence-corrected chi connectivity index (χ4v) is 7.56. The molecular weight excluding hydrogens is 690 g/mol. The van der Waals surface area contributed by atoms with Gasteiger partial charge in [-0.1, -0.05) is 82.8 Å². The summed E-state index contributed by atoms with van der Waals surface area (Å²) in [4.78, 5) is 32.4. The van der Waals surface area contributed by atoms with Gasteiger partial charge in [0.25, 0.3) is 0 Å². The number of benzene rings is 2. The molecule has 2 aromatic heterocycles. The van der Waals surface area contributed by atoms with E-state index in [0.717, 1.165) is 57.3 Å². The SMILES string of the molecule is Cc1cc(-c2cccc(-c3cccc(-c4cc(C)c(CNC[C@@H]5CCC(=O)N5)c(Cl)n4)c3Cl)c2Cl)nc(Cl)c1CNC[C@@H]1CCC(=O)N1. The number of hydrogen-bond acceptors (Lipinski definition) is 6. The van der Waals surface area contributed by atoms with E-state index in [1.165, 1.54) is 0 Å². The van der Waals surface area contributed by atoms with Gasteiger partial charge in [-0.3, -0.25) is 9.59 Å². The van der Waals surface area contributed by atoms with Gasteiger partial charge in [0, 0.05) is 84.5 Å². The Morgan fingerprint density at radius 1 is 0.667 bits per heavy atom. The molecule has 2 fully saturated rings. The Morgan fingerprint density at radius 3 is 1.42 bits per heavy atom. The van der Waals surface area contributed by atoms with Crippen molar-refractivity contribution in [2.24, 2.45) is 0 Å². The average molecular weight is 727 g/mol. The molecule has 2 atom stereocenters. The molecule has 12 heteroatoms. The van der Waals surface area contributed by atoms with Crippen LogP contribution in [0.25, 0.3) is 33.6 Å². The van der Waals surface area contributed by atoms with Gasteiger partial charge in [0.05, 0.1) is 21.4 Å². The van der Waals surface area contributed by atoms with Crippen molar-refractivity contribution in [3.63, 3.8) is 0 Å². The van der Waals surface area contributed by atoms with Gasteiger partial charge in [0.15, 0.2) is 0 Å². The summed E-state index contributed by atoms with van der Waals surface area (Å²) < 4.78 is 0. The number of carbonyl (C=O) groups excluding carboxylic acids is 2. The fourth-order valence-electron chi connectivity index (χ4n) is 6.30. The highest BCUT2D eigenvalue weighted by molar-refractivity contribution is 6.39. The molecule has 48 heavy (non-hydrogen) atoms. The summed E-state index contributed by atoms with van der Waals surface area (Å²) in [5.74, 6) is 0.189. The first-order valence-electron chi connectivity index (χ1n) is 16.0. The van der Waals surface area contributed by atoms with E-state index in [-0.39, 0.29) is 23.9 Å². The van der Waals surface area contributed by atoms with Crippen molar-refractivity contribution in [3.05, 3.63) is 91.1 Å². The second-order valence-electron chi connectivity index (χ2n) is 12.4.